The predicted octanol–water partition coefficient (Wildman–Crippen LogP) is 1.55. The number of nitrogens with zero attached hydrogens (tertiary/aromatic N) is 3. The topological polar surface area (TPSA) is 83.6 Å². The van der Waals surface area contributed by atoms with Crippen molar-refractivity contribution in [2.75, 3.05) is 12.3 Å². The minimum absolute atomic E-state index is 0.0754. The van der Waals surface area contributed by atoms with Crippen LogP contribution in [-0.2, 0) is 17.0 Å². The van der Waals surface area contributed by atoms with Gasteiger partial charge in [0.1, 0.15) is 12.2 Å². The molecule has 2 aromatic rings. The zero-order valence-corrected chi connectivity index (χ0v) is 12.9. The molecular formula is C12H17N5OS2. The fourth-order valence-corrected chi connectivity index (χ4v) is 3.13. The summed E-state index contributed by atoms with van der Waals surface area (Å²) in [5.41, 5.74) is 1.10. The van der Waals surface area contributed by atoms with Crippen molar-refractivity contribution in [1.82, 2.24) is 25.5 Å². The van der Waals surface area contributed by atoms with Crippen LogP contribution in [0.4, 0.5) is 0 Å². The predicted molar refractivity (Wildman–Crippen MR) is 80.7 cm³/mol. The first-order chi connectivity index (χ1) is 9.74. The quantitative estimate of drug-likeness (QED) is 0.723. The molecule has 20 heavy (non-hydrogen) atoms. The van der Waals surface area contributed by atoms with Gasteiger partial charge in [-0.3, -0.25) is 9.89 Å². The molecule has 6 nitrogen and oxygen atoms in total. The Balaban J connectivity index is 1.51. The Bertz CT molecular complexity index is 526. The van der Waals surface area contributed by atoms with Crippen molar-refractivity contribution in [2.45, 2.75) is 25.5 Å². The number of H-pyrrole nitrogens is 1. The molecule has 0 unspecified atom stereocenters. The number of carbonyl (C=O) groups excluding carboxylic acids is 1. The van der Waals surface area contributed by atoms with Crippen LogP contribution in [0.3, 0.4) is 0 Å². The van der Waals surface area contributed by atoms with Crippen LogP contribution in [0.5, 0.6) is 0 Å². The highest BCUT2D eigenvalue weighted by Crippen LogP contribution is 2.15. The number of carbonyl (C=O) groups is 1. The van der Waals surface area contributed by atoms with Gasteiger partial charge in [0.05, 0.1) is 10.7 Å². The average Bonchev–Trinajstić information content (AvgIpc) is 3.06. The summed E-state index contributed by atoms with van der Waals surface area (Å²) in [6.07, 6.45) is 2.68. The molecule has 2 N–H and O–H groups in total. The first-order valence-electron chi connectivity index (χ1n) is 6.34. The molecule has 2 heterocycles. The summed E-state index contributed by atoms with van der Waals surface area (Å²) in [7, 11) is 0. The number of thiazole rings is 1. The molecule has 0 saturated heterocycles. The smallest absolute Gasteiger partial charge is 0.220 e. The largest absolute Gasteiger partial charge is 0.356 e. The maximum atomic E-state index is 11.6. The zero-order valence-electron chi connectivity index (χ0n) is 11.3. The Morgan fingerprint density at radius 2 is 2.45 bits per heavy atom. The molecule has 0 aliphatic rings. The fraction of sp³-hybridized carbons (Fsp3) is 0.500. The highest BCUT2D eigenvalue weighted by Gasteiger charge is 2.03. The number of hydrogen-bond acceptors (Lipinski definition) is 6. The van der Waals surface area contributed by atoms with Crippen molar-refractivity contribution in [2.24, 2.45) is 0 Å². The normalized spacial score (nSPS) is 10.7. The van der Waals surface area contributed by atoms with Crippen molar-refractivity contribution in [1.29, 1.82) is 0 Å². The summed E-state index contributed by atoms with van der Waals surface area (Å²) >= 11 is 3.39. The van der Waals surface area contributed by atoms with Crippen LogP contribution in [0.2, 0.25) is 0 Å². The second-order valence-electron chi connectivity index (χ2n) is 4.19. The molecular weight excluding hydrogens is 294 g/mol. The van der Waals surface area contributed by atoms with E-state index in [-0.39, 0.29) is 5.91 Å². The van der Waals surface area contributed by atoms with E-state index in [1.165, 1.54) is 6.33 Å². The molecule has 0 aromatic carbocycles. The van der Waals surface area contributed by atoms with Gasteiger partial charge in [0.15, 0.2) is 0 Å². The minimum Gasteiger partial charge on any atom is -0.356 e. The number of aromatic amines is 1. The zero-order chi connectivity index (χ0) is 14.2. The van der Waals surface area contributed by atoms with E-state index in [2.05, 4.69) is 30.9 Å². The number of thioether (sulfide) groups is 1. The molecule has 8 heteroatoms. The summed E-state index contributed by atoms with van der Waals surface area (Å²) in [4.78, 5) is 20.0. The second kappa shape index (κ2) is 8.01. The molecule has 2 aromatic heterocycles. The number of aromatic nitrogens is 4. The van der Waals surface area contributed by atoms with Crippen molar-refractivity contribution in [3.8, 4) is 0 Å². The van der Waals surface area contributed by atoms with Crippen LogP contribution in [0.25, 0.3) is 0 Å². The van der Waals surface area contributed by atoms with Gasteiger partial charge < -0.3 is 5.32 Å². The molecule has 2 rings (SSSR count). The van der Waals surface area contributed by atoms with Gasteiger partial charge in [0, 0.05) is 36.3 Å². The standard InChI is InChI=1S/C12H17N5OS2/c1-9-16-10(7-20-9)6-19-5-3-12(18)13-4-2-11-14-8-15-17-11/h7-8H,2-6H2,1H3,(H,13,18)(H,14,15,17). The lowest BCUT2D eigenvalue weighted by Crippen LogP contribution is -2.26. The van der Waals surface area contributed by atoms with E-state index < -0.39 is 0 Å². The maximum Gasteiger partial charge on any atom is 0.220 e. The van der Waals surface area contributed by atoms with Crippen LogP contribution in [0, 0.1) is 6.92 Å². The van der Waals surface area contributed by atoms with Gasteiger partial charge in [-0.05, 0) is 6.92 Å². The number of aryl methyl sites for hydroxylation is 1. The highest BCUT2D eigenvalue weighted by molar-refractivity contribution is 7.98. The van der Waals surface area contributed by atoms with Gasteiger partial charge in [-0.25, -0.2) is 9.97 Å². The summed E-state index contributed by atoms with van der Waals surface area (Å²) in [6, 6.07) is 0. The third-order valence-electron chi connectivity index (χ3n) is 2.54. The molecule has 1 amide bonds. The molecule has 0 spiro atoms. The van der Waals surface area contributed by atoms with E-state index in [1.807, 2.05) is 6.92 Å². The lowest BCUT2D eigenvalue weighted by Gasteiger charge is -2.03. The van der Waals surface area contributed by atoms with Gasteiger partial charge >= 0.3 is 0 Å². The third kappa shape index (κ3) is 5.30. The van der Waals surface area contributed by atoms with Crippen molar-refractivity contribution in [3.63, 3.8) is 0 Å². The highest BCUT2D eigenvalue weighted by atomic mass is 32.2. The van der Waals surface area contributed by atoms with Crippen LogP contribution in [0.15, 0.2) is 11.7 Å². The van der Waals surface area contributed by atoms with E-state index in [4.69, 9.17) is 0 Å². The Morgan fingerprint density at radius 3 is 3.15 bits per heavy atom. The van der Waals surface area contributed by atoms with E-state index in [0.717, 1.165) is 28.0 Å². The molecule has 0 bridgehead atoms. The number of rotatable bonds is 8. The van der Waals surface area contributed by atoms with Crippen molar-refractivity contribution < 1.29 is 4.79 Å². The third-order valence-corrected chi connectivity index (χ3v) is 4.35. The lowest BCUT2D eigenvalue weighted by atomic mass is 10.4. The van der Waals surface area contributed by atoms with E-state index >= 15 is 0 Å². The first-order valence-corrected chi connectivity index (χ1v) is 8.37. The SMILES string of the molecule is Cc1nc(CSCCC(=O)NCCc2ncn[nH]2)cs1. The Kier molecular flexibility index (Phi) is 6.00. The van der Waals surface area contributed by atoms with E-state index in [0.29, 0.717) is 19.4 Å². The number of amides is 1. The molecule has 0 fully saturated rings. The summed E-state index contributed by atoms with van der Waals surface area (Å²) in [6.45, 7) is 2.59. The van der Waals surface area contributed by atoms with Crippen LogP contribution in [-0.4, -0.2) is 38.4 Å². The van der Waals surface area contributed by atoms with Gasteiger partial charge in [-0.15, -0.1) is 11.3 Å². The molecule has 0 aliphatic heterocycles. The van der Waals surface area contributed by atoms with E-state index in [9.17, 15) is 4.79 Å². The average molecular weight is 311 g/mol. The molecule has 0 radical (unpaired) electrons. The van der Waals surface area contributed by atoms with Crippen LogP contribution >= 0.6 is 23.1 Å². The molecule has 0 atom stereocenters. The van der Waals surface area contributed by atoms with Crippen LogP contribution in [0.1, 0.15) is 22.9 Å². The lowest BCUT2D eigenvalue weighted by molar-refractivity contribution is -0.120. The number of hydrogen-bond donors (Lipinski definition) is 2. The second-order valence-corrected chi connectivity index (χ2v) is 6.36. The minimum atomic E-state index is 0.0754. The van der Waals surface area contributed by atoms with Crippen molar-refractivity contribution in [3.05, 3.63) is 28.2 Å². The maximum absolute atomic E-state index is 11.6. The summed E-state index contributed by atoms with van der Waals surface area (Å²) < 4.78 is 0. The van der Waals surface area contributed by atoms with Gasteiger partial charge in [0.25, 0.3) is 0 Å². The van der Waals surface area contributed by atoms with Crippen molar-refractivity contribution >= 4 is 29.0 Å². The number of nitrogens with one attached hydrogen (secondary N) is 2. The molecule has 108 valence electrons. The first kappa shape index (κ1) is 15.0. The fourth-order valence-electron chi connectivity index (χ4n) is 1.58. The summed E-state index contributed by atoms with van der Waals surface area (Å²) in [5, 5.41) is 12.5. The van der Waals surface area contributed by atoms with Gasteiger partial charge in [-0.1, -0.05) is 0 Å². The summed E-state index contributed by atoms with van der Waals surface area (Å²) in [5.74, 6) is 2.55. The molecule has 0 saturated carbocycles. The Morgan fingerprint density at radius 1 is 1.55 bits per heavy atom. The van der Waals surface area contributed by atoms with Gasteiger partial charge in [-0.2, -0.15) is 16.9 Å². The monoisotopic (exact) mass is 311 g/mol. The van der Waals surface area contributed by atoms with Crippen LogP contribution < -0.4 is 5.32 Å². The molecule has 0 aliphatic carbocycles. The van der Waals surface area contributed by atoms with E-state index in [1.54, 1.807) is 23.1 Å². The van der Waals surface area contributed by atoms with Gasteiger partial charge in [0.2, 0.25) is 5.91 Å². The Hall–Kier alpha value is -1.41. The Labute approximate surface area is 125 Å².